The molecule has 1 aromatic rings. The van der Waals surface area contributed by atoms with Gasteiger partial charge in [0.25, 0.3) is 0 Å². The Morgan fingerprint density at radius 2 is 2.12 bits per heavy atom. The standard InChI is InChI=1S/C14H21NO/c1-15-13-8-7-11(10-13)9-12-5-3-4-6-14(12)16-2/h3-6,11,13,15H,7-10H2,1-2H3. The topological polar surface area (TPSA) is 21.3 Å². The highest BCUT2D eigenvalue weighted by Crippen LogP contribution is 2.31. The minimum absolute atomic E-state index is 0.722. The van der Waals surface area contributed by atoms with Crippen LogP contribution in [-0.2, 0) is 6.42 Å². The first-order valence-corrected chi connectivity index (χ1v) is 6.12. The van der Waals surface area contributed by atoms with Crippen molar-refractivity contribution in [1.29, 1.82) is 0 Å². The molecule has 16 heavy (non-hydrogen) atoms. The van der Waals surface area contributed by atoms with E-state index in [0.29, 0.717) is 0 Å². The van der Waals surface area contributed by atoms with Crippen LogP contribution in [-0.4, -0.2) is 20.2 Å². The first-order valence-electron chi connectivity index (χ1n) is 6.12. The van der Waals surface area contributed by atoms with Gasteiger partial charge in [-0.3, -0.25) is 0 Å². The Balaban J connectivity index is 1.99. The van der Waals surface area contributed by atoms with Crippen molar-refractivity contribution >= 4 is 0 Å². The molecule has 0 bridgehead atoms. The van der Waals surface area contributed by atoms with Gasteiger partial charge in [-0.1, -0.05) is 18.2 Å². The minimum Gasteiger partial charge on any atom is -0.496 e. The second-order valence-electron chi connectivity index (χ2n) is 4.68. The van der Waals surface area contributed by atoms with Crippen molar-refractivity contribution in [3.63, 3.8) is 0 Å². The number of methoxy groups -OCH3 is 1. The monoisotopic (exact) mass is 219 g/mol. The fourth-order valence-electron chi connectivity index (χ4n) is 2.71. The van der Waals surface area contributed by atoms with Gasteiger partial charge in [0.1, 0.15) is 5.75 Å². The molecule has 1 N–H and O–H groups in total. The molecule has 88 valence electrons. The Labute approximate surface area is 98.0 Å². The molecule has 1 aromatic carbocycles. The maximum absolute atomic E-state index is 5.39. The summed E-state index contributed by atoms with van der Waals surface area (Å²) in [5, 5.41) is 3.38. The second-order valence-corrected chi connectivity index (χ2v) is 4.68. The normalized spacial score (nSPS) is 24.6. The number of benzene rings is 1. The van der Waals surface area contributed by atoms with Crippen molar-refractivity contribution < 1.29 is 4.74 Å². The average Bonchev–Trinajstić information content (AvgIpc) is 2.77. The molecule has 2 unspecified atom stereocenters. The van der Waals surface area contributed by atoms with Crippen LogP contribution < -0.4 is 10.1 Å². The zero-order valence-corrected chi connectivity index (χ0v) is 10.2. The van der Waals surface area contributed by atoms with E-state index in [9.17, 15) is 0 Å². The van der Waals surface area contributed by atoms with Gasteiger partial charge in [0.2, 0.25) is 0 Å². The third-order valence-electron chi connectivity index (χ3n) is 3.65. The van der Waals surface area contributed by atoms with Crippen LogP contribution in [0.1, 0.15) is 24.8 Å². The highest BCUT2D eigenvalue weighted by atomic mass is 16.5. The Bertz CT molecular complexity index is 337. The van der Waals surface area contributed by atoms with Gasteiger partial charge in [0, 0.05) is 6.04 Å². The predicted octanol–water partition coefficient (Wildman–Crippen LogP) is 2.63. The molecule has 0 aromatic heterocycles. The zero-order valence-electron chi connectivity index (χ0n) is 10.2. The first kappa shape index (κ1) is 11.5. The molecule has 1 saturated carbocycles. The second kappa shape index (κ2) is 5.35. The summed E-state index contributed by atoms with van der Waals surface area (Å²) >= 11 is 0. The molecular weight excluding hydrogens is 198 g/mol. The first-order chi connectivity index (χ1) is 7.83. The molecular formula is C14H21NO. The van der Waals surface area contributed by atoms with Crippen LogP contribution in [0.3, 0.4) is 0 Å². The van der Waals surface area contributed by atoms with E-state index < -0.39 is 0 Å². The van der Waals surface area contributed by atoms with E-state index in [-0.39, 0.29) is 0 Å². The van der Waals surface area contributed by atoms with E-state index in [1.54, 1.807) is 7.11 Å². The van der Waals surface area contributed by atoms with Crippen LogP contribution in [0.2, 0.25) is 0 Å². The van der Waals surface area contributed by atoms with Gasteiger partial charge in [0.05, 0.1) is 7.11 Å². The van der Waals surface area contributed by atoms with Crippen molar-refractivity contribution in [3.05, 3.63) is 29.8 Å². The molecule has 0 heterocycles. The van der Waals surface area contributed by atoms with Crippen LogP contribution in [0.15, 0.2) is 24.3 Å². The molecule has 1 fully saturated rings. The van der Waals surface area contributed by atoms with Crippen LogP contribution in [0.4, 0.5) is 0 Å². The highest BCUT2D eigenvalue weighted by Gasteiger charge is 2.24. The molecule has 0 radical (unpaired) electrons. The summed E-state index contributed by atoms with van der Waals surface area (Å²) in [6.07, 6.45) is 5.11. The summed E-state index contributed by atoms with van der Waals surface area (Å²) in [6, 6.07) is 9.10. The van der Waals surface area contributed by atoms with E-state index in [4.69, 9.17) is 4.74 Å². The van der Waals surface area contributed by atoms with E-state index in [1.807, 2.05) is 6.07 Å². The Hall–Kier alpha value is -1.02. The summed E-state index contributed by atoms with van der Waals surface area (Å²) in [7, 11) is 3.82. The van der Waals surface area contributed by atoms with Gasteiger partial charge in [-0.2, -0.15) is 0 Å². The van der Waals surface area contributed by atoms with Gasteiger partial charge in [-0.25, -0.2) is 0 Å². The summed E-state index contributed by atoms with van der Waals surface area (Å²) in [6.45, 7) is 0. The van der Waals surface area contributed by atoms with E-state index in [1.165, 1.54) is 24.8 Å². The van der Waals surface area contributed by atoms with Crippen molar-refractivity contribution in [1.82, 2.24) is 5.32 Å². The fourth-order valence-corrected chi connectivity index (χ4v) is 2.71. The van der Waals surface area contributed by atoms with E-state index in [2.05, 4.69) is 30.6 Å². The Morgan fingerprint density at radius 1 is 1.31 bits per heavy atom. The number of para-hydroxylation sites is 1. The SMILES string of the molecule is CNC1CCC(Cc2ccccc2OC)C1. The van der Waals surface area contributed by atoms with Gasteiger partial charge in [-0.15, -0.1) is 0 Å². The number of hydrogen-bond acceptors (Lipinski definition) is 2. The molecule has 1 aliphatic rings. The van der Waals surface area contributed by atoms with Crippen molar-refractivity contribution in [3.8, 4) is 5.75 Å². The quantitative estimate of drug-likeness (QED) is 0.840. The Morgan fingerprint density at radius 3 is 2.81 bits per heavy atom. The summed E-state index contributed by atoms with van der Waals surface area (Å²) in [5.41, 5.74) is 1.35. The third kappa shape index (κ3) is 2.56. The van der Waals surface area contributed by atoms with Crippen LogP contribution >= 0.6 is 0 Å². The Kier molecular flexibility index (Phi) is 3.83. The summed E-state index contributed by atoms with van der Waals surface area (Å²) < 4.78 is 5.39. The molecule has 2 atom stereocenters. The maximum atomic E-state index is 5.39. The molecule has 2 rings (SSSR count). The summed E-state index contributed by atoms with van der Waals surface area (Å²) in [5.74, 6) is 1.85. The molecule has 1 aliphatic carbocycles. The third-order valence-corrected chi connectivity index (χ3v) is 3.65. The number of rotatable bonds is 4. The molecule has 0 aliphatic heterocycles. The largest absolute Gasteiger partial charge is 0.496 e. The lowest BCUT2D eigenvalue weighted by molar-refractivity contribution is 0.403. The van der Waals surface area contributed by atoms with E-state index >= 15 is 0 Å². The number of hydrogen-bond donors (Lipinski definition) is 1. The van der Waals surface area contributed by atoms with Gasteiger partial charge >= 0.3 is 0 Å². The lowest BCUT2D eigenvalue weighted by Gasteiger charge is -2.13. The average molecular weight is 219 g/mol. The van der Waals surface area contributed by atoms with Crippen LogP contribution in [0, 0.1) is 5.92 Å². The molecule has 2 nitrogen and oxygen atoms in total. The number of ether oxygens (including phenoxy) is 1. The fraction of sp³-hybridized carbons (Fsp3) is 0.571. The zero-order chi connectivity index (χ0) is 11.4. The highest BCUT2D eigenvalue weighted by molar-refractivity contribution is 5.33. The van der Waals surface area contributed by atoms with Crippen molar-refractivity contribution in [2.45, 2.75) is 31.7 Å². The van der Waals surface area contributed by atoms with Crippen LogP contribution in [0.5, 0.6) is 5.75 Å². The van der Waals surface area contributed by atoms with Gasteiger partial charge < -0.3 is 10.1 Å². The predicted molar refractivity (Wildman–Crippen MR) is 66.9 cm³/mol. The minimum atomic E-state index is 0.722. The lowest BCUT2D eigenvalue weighted by Crippen LogP contribution is -2.21. The summed E-state index contributed by atoms with van der Waals surface area (Å²) in [4.78, 5) is 0. The van der Waals surface area contributed by atoms with Crippen molar-refractivity contribution in [2.24, 2.45) is 5.92 Å². The van der Waals surface area contributed by atoms with Gasteiger partial charge in [-0.05, 0) is 50.3 Å². The van der Waals surface area contributed by atoms with Gasteiger partial charge in [0.15, 0.2) is 0 Å². The van der Waals surface area contributed by atoms with E-state index in [0.717, 1.165) is 24.1 Å². The maximum Gasteiger partial charge on any atom is 0.122 e. The molecule has 0 spiro atoms. The molecule has 2 heteroatoms. The lowest BCUT2D eigenvalue weighted by atomic mass is 9.97. The molecule has 0 amide bonds. The van der Waals surface area contributed by atoms with Crippen LogP contribution in [0.25, 0.3) is 0 Å². The number of nitrogens with one attached hydrogen (secondary N) is 1. The smallest absolute Gasteiger partial charge is 0.122 e. The molecule has 0 saturated heterocycles. The van der Waals surface area contributed by atoms with Crippen molar-refractivity contribution in [2.75, 3.05) is 14.2 Å².